The van der Waals surface area contributed by atoms with Gasteiger partial charge in [0, 0.05) is 12.6 Å². The number of hydrogen-bond acceptors (Lipinski definition) is 6. The predicted octanol–water partition coefficient (Wildman–Crippen LogP) is 1.93. The molecule has 0 bridgehead atoms. The van der Waals surface area contributed by atoms with Gasteiger partial charge in [0.1, 0.15) is 17.5 Å². The van der Waals surface area contributed by atoms with Crippen LogP contribution in [0.2, 0.25) is 0 Å². The molecule has 1 unspecified atom stereocenters. The minimum absolute atomic E-state index is 0.0630. The number of para-hydroxylation sites is 1. The van der Waals surface area contributed by atoms with E-state index in [0.29, 0.717) is 9.89 Å². The first kappa shape index (κ1) is 19.0. The molecule has 0 aliphatic carbocycles. The molecule has 0 saturated heterocycles. The number of ketones is 1. The van der Waals surface area contributed by atoms with E-state index in [2.05, 4.69) is 5.32 Å². The van der Waals surface area contributed by atoms with Crippen LogP contribution in [0.3, 0.4) is 0 Å². The minimum atomic E-state index is -4.04. The van der Waals surface area contributed by atoms with Crippen LogP contribution in [0.25, 0.3) is 11.0 Å². The van der Waals surface area contributed by atoms with Gasteiger partial charge in [-0.05, 0) is 30.7 Å². The SMILES string of the molecule is Cc1cccc2c(=O)c(NC(=O)C3C(=O)c4ccccc4S(=O)(=O)N3C)coc12. The van der Waals surface area contributed by atoms with Gasteiger partial charge >= 0.3 is 0 Å². The van der Waals surface area contributed by atoms with Crippen LogP contribution < -0.4 is 10.7 Å². The third-order valence-corrected chi connectivity index (χ3v) is 6.80. The Kier molecular flexibility index (Phi) is 4.36. The van der Waals surface area contributed by atoms with Gasteiger partial charge in [-0.2, -0.15) is 4.31 Å². The van der Waals surface area contributed by atoms with Crippen LogP contribution >= 0.6 is 0 Å². The molecule has 1 amide bonds. The van der Waals surface area contributed by atoms with E-state index in [1.165, 1.54) is 24.3 Å². The van der Waals surface area contributed by atoms with Crippen LogP contribution in [0.15, 0.2) is 62.8 Å². The summed E-state index contributed by atoms with van der Waals surface area (Å²) >= 11 is 0. The number of rotatable bonds is 2. The highest BCUT2D eigenvalue weighted by Crippen LogP contribution is 2.29. The first-order valence-corrected chi connectivity index (χ1v) is 10.1. The van der Waals surface area contributed by atoms with Crippen molar-refractivity contribution in [1.29, 1.82) is 0 Å². The lowest BCUT2D eigenvalue weighted by atomic mass is 10.0. The zero-order chi connectivity index (χ0) is 20.9. The lowest BCUT2D eigenvalue weighted by molar-refractivity contribution is -0.118. The number of amides is 1. The number of carbonyl (C=O) groups excluding carboxylic acids is 2. The zero-order valence-electron chi connectivity index (χ0n) is 15.5. The van der Waals surface area contributed by atoms with Crippen LogP contribution in [-0.4, -0.2) is 37.5 Å². The van der Waals surface area contributed by atoms with Crippen molar-refractivity contribution in [2.45, 2.75) is 17.9 Å². The summed E-state index contributed by atoms with van der Waals surface area (Å²) in [6.07, 6.45) is 1.09. The molecule has 2 aromatic carbocycles. The normalized spacial score (nSPS) is 18.4. The first-order chi connectivity index (χ1) is 13.7. The van der Waals surface area contributed by atoms with Crippen LogP contribution in [0.1, 0.15) is 15.9 Å². The summed E-state index contributed by atoms with van der Waals surface area (Å²) in [6, 6.07) is 9.07. The molecule has 148 valence electrons. The molecule has 3 aromatic rings. The topological polar surface area (TPSA) is 114 Å². The van der Waals surface area contributed by atoms with Crippen molar-refractivity contribution in [3.05, 3.63) is 70.1 Å². The van der Waals surface area contributed by atoms with Gasteiger partial charge in [0.25, 0.3) is 5.91 Å². The molecule has 29 heavy (non-hydrogen) atoms. The smallest absolute Gasteiger partial charge is 0.251 e. The fourth-order valence-corrected chi connectivity index (χ4v) is 4.85. The van der Waals surface area contributed by atoms with E-state index >= 15 is 0 Å². The fraction of sp³-hybridized carbons (Fsp3) is 0.150. The van der Waals surface area contributed by atoms with Crippen molar-refractivity contribution in [1.82, 2.24) is 4.31 Å². The first-order valence-electron chi connectivity index (χ1n) is 8.67. The molecule has 4 rings (SSSR count). The summed E-state index contributed by atoms with van der Waals surface area (Å²) in [6.45, 7) is 1.78. The van der Waals surface area contributed by atoms with E-state index in [1.807, 2.05) is 0 Å². The van der Waals surface area contributed by atoms with Crippen molar-refractivity contribution in [2.24, 2.45) is 0 Å². The Morgan fingerprint density at radius 1 is 1.10 bits per heavy atom. The third kappa shape index (κ3) is 2.86. The molecule has 0 spiro atoms. The number of anilines is 1. The number of hydrogen-bond donors (Lipinski definition) is 1. The summed E-state index contributed by atoms with van der Waals surface area (Å²) in [7, 11) is -2.89. The lowest BCUT2D eigenvalue weighted by Gasteiger charge is -2.30. The van der Waals surface area contributed by atoms with Gasteiger partial charge in [-0.25, -0.2) is 8.42 Å². The van der Waals surface area contributed by atoms with Crippen LogP contribution in [0.5, 0.6) is 0 Å². The summed E-state index contributed by atoms with van der Waals surface area (Å²) < 4.78 is 31.6. The van der Waals surface area contributed by atoms with Crippen molar-refractivity contribution in [2.75, 3.05) is 12.4 Å². The molecule has 1 aliphatic heterocycles. The zero-order valence-corrected chi connectivity index (χ0v) is 16.3. The number of Topliss-reactive ketones (excluding diaryl/α,β-unsaturated/α-hetero) is 1. The number of fused-ring (bicyclic) bond motifs is 2. The Hall–Kier alpha value is -3.30. The molecule has 1 atom stereocenters. The van der Waals surface area contributed by atoms with E-state index in [-0.39, 0.29) is 21.5 Å². The van der Waals surface area contributed by atoms with Gasteiger partial charge in [0.05, 0.1) is 10.3 Å². The molecule has 1 aromatic heterocycles. The highest BCUT2D eigenvalue weighted by molar-refractivity contribution is 7.89. The minimum Gasteiger partial charge on any atom is -0.462 e. The number of nitrogens with one attached hydrogen (secondary N) is 1. The van der Waals surface area contributed by atoms with Crippen LogP contribution in [0.4, 0.5) is 5.69 Å². The maximum Gasteiger partial charge on any atom is 0.251 e. The van der Waals surface area contributed by atoms with Gasteiger partial charge in [-0.1, -0.05) is 24.3 Å². The van der Waals surface area contributed by atoms with Crippen molar-refractivity contribution < 1.29 is 22.4 Å². The van der Waals surface area contributed by atoms with Gasteiger partial charge in [0.15, 0.2) is 11.8 Å². The number of sulfonamides is 1. The Labute approximate surface area is 165 Å². The second-order valence-electron chi connectivity index (χ2n) is 6.70. The lowest BCUT2D eigenvalue weighted by Crippen LogP contribution is -2.53. The van der Waals surface area contributed by atoms with Crippen LogP contribution in [-0.2, 0) is 14.8 Å². The highest BCUT2D eigenvalue weighted by Gasteiger charge is 2.45. The molecule has 0 fully saturated rings. The summed E-state index contributed by atoms with van der Waals surface area (Å²) in [5.74, 6) is -1.61. The molecule has 2 heterocycles. The summed E-state index contributed by atoms with van der Waals surface area (Å²) in [5.41, 5.74) is 0.412. The number of carbonyl (C=O) groups is 2. The summed E-state index contributed by atoms with van der Waals surface area (Å²) in [5, 5.41) is 2.62. The molecule has 9 heteroatoms. The van der Waals surface area contributed by atoms with E-state index in [9.17, 15) is 22.8 Å². The Balaban J connectivity index is 1.75. The second kappa shape index (κ2) is 6.64. The van der Waals surface area contributed by atoms with E-state index in [4.69, 9.17) is 4.42 Å². The molecular weight excluding hydrogens is 396 g/mol. The average molecular weight is 412 g/mol. The quantitative estimate of drug-likeness (QED) is 0.644. The predicted molar refractivity (Wildman–Crippen MR) is 105 cm³/mol. The summed E-state index contributed by atoms with van der Waals surface area (Å²) in [4.78, 5) is 38.2. The molecular formula is C20H16N2O6S. The van der Waals surface area contributed by atoms with Crippen LogP contribution in [0, 0.1) is 6.92 Å². The molecule has 1 aliphatic rings. The Bertz CT molecular complexity index is 1340. The van der Waals surface area contributed by atoms with Gasteiger partial charge < -0.3 is 9.73 Å². The fourth-order valence-electron chi connectivity index (χ4n) is 3.38. The van der Waals surface area contributed by atoms with Gasteiger partial charge in [-0.15, -0.1) is 0 Å². The standard InChI is InChI=1S/C20H16N2O6S/c1-11-6-5-8-13-17(23)14(10-28-19(11)13)21-20(25)16-18(24)12-7-3-4-9-15(12)29(26,27)22(16)2/h3-10,16H,1-2H3,(H,21,25). The maximum absolute atomic E-state index is 12.8. The maximum atomic E-state index is 12.8. The third-order valence-electron chi connectivity index (χ3n) is 4.92. The number of nitrogens with zero attached hydrogens (tertiary/aromatic N) is 1. The van der Waals surface area contributed by atoms with E-state index < -0.39 is 33.2 Å². The largest absolute Gasteiger partial charge is 0.462 e. The van der Waals surface area contributed by atoms with Crippen molar-refractivity contribution in [3.63, 3.8) is 0 Å². The molecule has 8 nitrogen and oxygen atoms in total. The second-order valence-corrected chi connectivity index (χ2v) is 8.67. The monoisotopic (exact) mass is 412 g/mol. The molecule has 0 saturated carbocycles. The number of likely N-dealkylation sites (N-methyl/N-ethyl adjacent to an activating group) is 1. The van der Waals surface area contributed by atoms with Gasteiger partial charge in [0.2, 0.25) is 15.5 Å². The van der Waals surface area contributed by atoms with E-state index in [0.717, 1.165) is 18.9 Å². The van der Waals surface area contributed by atoms with Crippen molar-refractivity contribution >= 4 is 38.4 Å². The van der Waals surface area contributed by atoms with Gasteiger partial charge in [-0.3, -0.25) is 14.4 Å². The Morgan fingerprint density at radius 2 is 1.83 bits per heavy atom. The average Bonchev–Trinajstić information content (AvgIpc) is 2.69. The molecule has 1 N–H and O–H groups in total. The number of aryl methyl sites for hydroxylation is 1. The highest BCUT2D eigenvalue weighted by atomic mass is 32.2. The molecule has 0 radical (unpaired) electrons. The Morgan fingerprint density at radius 3 is 2.59 bits per heavy atom. The number of benzene rings is 2. The van der Waals surface area contributed by atoms with Crippen molar-refractivity contribution in [3.8, 4) is 0 Å². The van der Waals surface area contributed by atoms with E-state index in [1.54, 1.807) is 25.1 Å².